The third-order valence-corrected chi connectivity index (χ3v) is 5.97. The Hall–Kier alpha value is -2.76. The number of hydrogen-bond donors (Lipinski definition) is 1. The number of thioether (sulfide) groups is 1. The third kappa shape index (κ3) is 5.40. The Morgan fingerprint density at radius 2 is 2.10 bits per heavy atom. The van der Waals surface area contributed by atoms with Gasteiger partial charge in [0.15, 0.2) is 8.29 Å². The fraction of sp³-hybridized carbons (Fsp3) is 0.167. The summed E-state index contributed by atoms with van der Waals surface area (Å²) in [7, 11) is 0. The van der Waals surface area contributed by atoms with Gasteiger partial charge in [-0.15, -0.1) is 5.10 Å². The summed E-state index contributed by atoms with van der Waals surface area (Å²) < 4.78 is 8.11. The first kappa shape index (κ1) is 21.0. The standard InChI is InChI=1S/C18H16N4O4S3/c1-2-26-13-8-9-14(15(10-13)22(24)25)19-16(23)11-28-17-20-21(18(27)29-17)12-6-4-3-5-7-12/h3-10H,2,11H2,1H3,(H,19,23). The highest BCUT2D eigenvalue weighted by Crippen LogP contribution is 2.30. The van der Waals surface area contributed by atoms with E-state index in [-0.39, 0.29) is 23.0 Å². The molecule has 0 fully saturated rings. The molecule has 1 N–H and O–H groups in total. The molecule has 0 aliphatic carbocycles. The minimum absolute atomic E-state index is 0.0431. The van der Waals surface area contributed by atoms with Crippen LogP contribution in [0.15, 0.2) is 52.9 Å². The van der Waals surface area contributed by atoms with Crippen molar-refractivity contribution >= 4 is 52.6 Å². The lowest BCUT2D eigenvalue weighted by Crippen LogP contribution is -2.15. The summed E-state index contributed by atoms with van der Waals surface area (Å²) >= 11 is 7.85. The topological polar surface area (TPSA) is 99.3 Å². The van der Waals surface area contributed by atoms with Crippen molar-refractivity contribution in [3.63, 3.8) is 0 Å². The van der Waals surface area contributed by atoms with Crippen LogP contribution in [0, 0.1) is 14.1 Å². The van der Waals surface area contributed by atoms with Gasteiger partial charge in [0.25, 0.3) is 5.69 Å². The van der Waals surface area contributed by atoms with Crippen molar-refractivity contribution in [2.24, 2.45) is 0 Å². The summed E-state index contributed by atoms with van der Waals surface area (Å²) in [5, 5.41) is 18.3. The molecule has 150 valence electrons. The molecule has 29 heavy (non-hydrogen) atoms. The lowest BCUT2D eigenvalue weighted by molar-refractivity contribution is -0.384. The average molecular weight is 449 g/mol. The van der Waals surface area contributed by atoms with E-state index >= 15 is 0 Å². The average Bonchev–Trinajstić information content (AvgIpc) is 3.09. The van der Waals surface area contributed by atoms with E-state index in [1.165, 1.54) is 35.2 Å². The van der Waals surface area contributed by atoms with Crippen LogP contribution in [0.5, 0.6) is 5.75 Å². The van der Waals surface area contributed by atoms with Crippen molar-refractivity contribution in [3.8, 4) is 11.4 Å². The van der Waals surface area contributed by atoms with E-state index in [1.807, 2.05) is 30.3 Å². The Morgan fingerprint density at radius 1 is 1.34 bits per heavy atom. The summed E-state index contributed by atoms with van der Waals surface area (Å²) in [6.07, 6.45) is 0. The number of nitro groups is 1. The molecule has 0 radical (unpaired) electrons. The normalized spacial score (nSPS) is 10.5. The monoisotopic (exact) mass is 448 g/mol. The number of ether oxygens (including phenoxy) is 1. The first-order chi connectivity index (χ1) is 14.0. The highest BCUT2D eigenvalue weighted by Gasteiger charge is 2.18. The van der Waals surface area contributed by atoms with Crippen molar-refractivity contribution in [1.82, 2.24) is 9.78 Å². The van der Waals surface area contributed by atoms with E-state index in [2.05, 4.69) is 10.4 Å². The number of benzene rings is 2. The van der Waals surface area contributed by atoms with Gasteiger partial charge in [-0.1, -0.05) is 41.3 Å². The van der Waals surface area contributed by atoms with E-state index < -0.39 is 4.92 Å². The smallest absolute Gasteiger partial charge is 0.296 e. The summed E-state index contributed by atoms with van der Waals surface area (Å²) in [6.45, 7) is 2.17. The number of carbonyl (C=O) groups excluding carboxylic acids is 1. The van der Waals surface area contributed by atoms with Gasteiger partial charge >= 0.3 is 0 Å². The molecule has 1 heterocycles. The Bertz CT molecular complexity index is 1080. The zero-order valence-corrected chi connectivity index (χ0v) is 17.7. The molecule has 3 aromatic rings. The predicted molar refractivity (Wildman–Crippen MR) is 116 cm³/mol. The molecular weight excluding hydrogens is 432 g/mol. The number of nitro benzene ring substituents is 1. The first-order valence-electron chi connectivity index (χ1n) is 8.47. The maximum absolute atomic E-state index is 12.3. The van der Waals surface area contributed by atoms with Gasteiger partial charge in [0.05, 0.1) is 29.0 Å². The molecule has 11 heteroatoms. The molecule has 0 spiro atoms. The second kappa shape index (κ2) is 9.63. The second-order valence-electron chi connectivity index (χ2n) is 5.59. The molecule has 0 aliphatic rings. The number of anilines is 1. The SMILES string of the molecule is CCOc1ccc(NC(=O)CSc2nn(-c3ccccc3)c(=S)s2)c([N+](=O)[O-])c1. The van der Waals surface area contributed by atoms with Gasteiger partial charge in [-0.25, -0.2) is 4.68 Å². The van der Waals surface area contributed by atoms with E-state index in [0.717, 1.165) is 5.69 Å². The molecule has 0 unspecified atom stereocenters. The fourth-order valence-electron chi connectivity index (χ4n) is 2.39. The van der Waals surface area contributed by atoms with Gasteiger partial charge in [0.1, 0.15) is 11.4 Å². The van der Waals surface area contributed by atoms with Crippen LogP contribution >= 0.6 is 35.3 Å². The highest BCUT2D eigenvalue weighted by atomic mass is 32.2. The maximum Gasteiger partial charge on any atom is 0.296 e. The van der Waals surface area contributed by atoms with Crippen LogP contribution in [0.3, 0.4) is 0 Å². The third-order valence-electron chi connectivity index (χ3n) is 3.61. The summed E-state index contributed by atoms with van der Waals surface area (Å²) in [6, 6.07) is 13.8. The molecule has 0 atom stereocenters. The van der Waals surface area contributed by atoms with Crippen molar-refractivity contribution in [3.05, 3.63) is 62.6 Å². The van der Waals surface area contributed by atoms with Crippen LogP contribution in [0.1, 0.15) is 6.92 Å². The lowest BCUT2D eigenvalue weighted by Gasteiger charge is -2.08. The zero-order valence-electron chi connectivity index (χ0n) is 15.2. The Kier molecular flexibility index (Phi) is 6.96. The van der Waals surface area contributed by atoms with Gasteiger partial charge in [-0.2, -0.15) is 0 Å². The van der Waals surface area contributed by atoms with Gasteiger partial charge in [-0.05, 0) is 43.4 Å². The van der Waals surface area contributed by atoms with Crippen LogP contribution in [-0.4, -0.2) is 33.0 Å². The van der Waals surface area contributed by atoms with Gasteiger partial charge in [0.2, 0.25) is 5.91 Å². The molecule has 2 aromatic carbocycles. The largest absolute Gasteiger partial charge is 0.494 e. The van der Waals surface area contributed by atoms with Crippen LogP contribution in [-0.2, 0) is 4.79 Å². The Morgan fingerprint density at radius 3 is 2.79 bits per heavy atom. The molecule has 1 amide bonds. The number of para-hydroxylation sites is 1. The summed E-state index contributed by atoms with van der Waals surface area (Å²) in [5.41, 5.74) is 0.736. The Labute approximate surface area is 179 Å². The molecular formula is C18H16N4O4S3. The van der Waals surface area contributed by atoms with Crippen molar-refractivity contribution in [1.29, 1.82) is 0 Å². The number of nitrogens with zero attached hydrogens (tertiary/aromatic N) is 3. The second-order valence-corrected chi connectivity index (χ2v) is 8.43. The van der Waals surface area contributed by atoms with Crippen LogP contribution in [0.4, 0.5) is 11.4 Å². The van der Waals surface area contributed by atoms with Crippen molar-refractivity contribution in [2.45, 2.75) is 11.3 Å². The van der Waals surface area contributed by atoms with Gasteiger partial charge < -0.3 is 10.1 Å². The minimum Gasteiger partial charge on any atom is -0.494 e. The van der Waals surface area contributed by atoms with Crippen LogP contribution < -0.4 is 10.1 Å². The maximum atomic E-state index is 12.3. The molecule has 0 bridgehead atoms. The minimum atomic E-state index is -0.557. The van der Waals surface area contributed by atoms with E-state index in [9.17, 15) is 14.9 Å². The van der Waals surface area contributed by atoms with Crippen molar-refractivity contribution in [2.75, 3.05) is 17.7 Å². The lowest BCUT2D eigenvalue weighted by atomic mass is 10.2. The molecule has 3 rings (SSSR count). The summed E-state index contributed by atoms with van der Waals surface area (Å²) in [5.74, 6) is 0.0361. The number of aromatic nitrogens is 2. The van der Waals surface area contributed by atoms with Crippen LogP contribution in [0.2, 0.25) is 0 Å². The number of rotatable bonds is 8. The first-order valence-corrected chi connectivity index (χ1v) is 10.7. The van der Waals surface area contributed by atoms with Gasteiger partial charge in [-0.3, -0.25) is 14.9 Å². The fourth-order valence-corrected chi connectivity index (χ4v) is 4.55. The number of nitrogens with one attached hydrogen (secondary N) is 1. The number of carbonyl (C=O) groups is 1. The van der Waals surface area contributed by atoms with Crippen LogP contribution in [0.25, 0.3) is 5.69 Å². The molecule has 8 nitrogen and oxygen atoms in total. The number of hydrogen-bond acceptors (Lipinski definition) is 8. The van der Waals surface area contributed by atoms with E-state index in [4.69, 9.17) is 17.0 Å². The Balaban J connectivity index is 1.66. The zero-order chi connectivity index (χ0) is 20.8. The van der Waals surface area contributed by atoms with E-state index in [0.29, 0.717) is 20.7 Å². The molecule has 0 saturated carbocycles. The molecule has 0 saturated heterocycles. The van der Waals surface area contributed by atoms with Gasteiger partial charge in [0, 0.05) is 0 Å². The predicted octanol–water partition coefficient (Wildman–Crippen LogP) is 4.70. The molecule has 0 aliphatic heterocycles. The molecule has 1 aromatic heterocycles. The van der Waals surface area contributed by atoms with E-state index in [1.54, 1.807) is 17.7 Å². The highest BCUT2D eigenvalue weighted by molar-refractivity contribution is 8.01. The van der Waals surface area contributed by atoms with Crippen molar-refractivity contribution < 1.29 is 14.5 Å². The number of amides is 1. The quantitative estimate of drug-likeness (QED) is 0.231. The summed E-state index contributed by atoms with van der Waals surface area (Å²) in [4.78, 5) is 23.0.